The summed E-state index contributed by atoms with van der Waals surface area (Å²) in [6.45, 7) is 4.83. The molecule has 0 aliphatic heterocycles. The molecule has 0 radical (unpaired) electrons. The number of carbonyl (C=O) groups is 1. The number of nitrogens with zero attached hydrogens (tertiary/aromatic N) is 1. The fraction of sp³-hybridized carbons (Fsp3) is 0.556. The van der Waals surface area contributed by atoms with E-state index in [1.165, 1.54) is 13.8 Å². The van der Waals surface area contributed by atoms with Crippen molar-refractivity contribution in [2.45, 2.75) is 26.4 Å². The van der Waals surface area contributed by atoms with Crippen LogP contribution in [0.5, 0.6) is 0 Å². The molecule has 1 N–H and O–H groups in total. The highest BCUT2D eigenvalue weighted by Crippen LogP contribution is 2.25. The van der Waals surface area contributed by atoms with Gasteiger partial charge in [0, 0.05) is 0 Å². The van der Waals surface area contributed by atoms with Gasteiger partial charge in [0.05, 0.1) is 6.61 Å². The highest BCUT2D eigenvalue weighted by molar-refractivity contribution is 6.32. The molecule has 0 bridgehead atoms. The standard InChI is InChI=1S/C9H12ClNO4/c1-4-14-7(12)5-6(10)11-8(15-5)9(2,3)13/h13H,4H2,1-3H3. The van der Waals surface area contributed by atoms with Gasteiger partial charge in [-0.15, -0.1) is 0 Å². The number of rotatable bonds is 3. The zero-order valence-corrected chi connectivity index (χ0v) is 9.46. The molecule has 0 amide bonds. The summed E-state index contributed by atoms with van der Waals surface area (Å²) >= 11 is 5.66. The van der Waals surface area contributed by atoms with E-state index in [-0.39, 0.29) is 23.4 Å². The third-order valence-corrected chi connectivity index (χ3v) is 1.83. The van der Waals surface area contributed by atoms with E-state index in [0.29, 0.717) is 0 Å². The van der Waals surface area contributed by atoms with Crippen molar-refractivity contribution >= 4 is 17.6 Å². The molecule has 1 aromatic heterocycles. The van der Waals surface area contributed by atoms with Crippen molar-refractivity contribution in [3.8, 4) is 0 Å². The Bertz CT molecular complexity index is 367. The Balaban J connectivity index is 3.02. The van der Waals surface area contributed by atoms with E-state index >= 15 is 0 Å². The minimum atomic E-state index is -1.28. The van der Waals surface area contributed by atoms with Gasteiger partial charge in [-0.05, 0) is 20.8 Å². The van der Waals surface area contributed by atoms with Gasteiger partial charge in [-0.3, -0.25) is 0 Å². The summed E-state index contributed by atoms with van der Waals surface area (Å²) in [7, 11) is 0. The van der Waals surface area contributed by atoms with Gasteiger partial charge in [-0.2, -0.15) is 4.98 Å². The van der Waals surface area contributed by atoms with Gasteiger partial charge in [0.15, 0.2) is 5.15 Å². The summed E-state index contributed by atoms with van der Waals surface area (Å²) in [5.74, 6) is -0.892. The van der Waals surface area contributed by atoms with Crippen molar-refractivity contribution in [1.29, 1.82) is 0 Å². The molecule has 0 atom stereocenters. The second kappa shape index (κ2) is 4.20. The molecular formula is C9H12ClNO4. The van der Waals surface area contributed by atoms with Crippen LogP contribution in [-0.2, 0) is 10.3 Å². The number of aromatic nitrogens is 1. The summed E-state index contributed by atoms with van der Waals surface area (Å²) in [4.78, 5) is 15.0. The van der Waals surface area contributed by atoms with Gasteiger partial charge < -0.3 is 14.3 Å². The largest absolute Gasteiger partial charge is 0.460 e. The maximum Gasteiger partial charge on any atom is 0.377 e. The van der Waals surface area contributed by atoms with Crippen LogP contribution >= 0.6 is 11.6 Å². The second-order valence-electron chi connectivity index (χ2n) is 3.42. The molecule has 1 heterocycles. The van der Waals surface area contributed by atoms with E-state index < -0.39 is 11.6 Å². The Morgan fingerprint density at radius 3 is 2.67 bits per heavy atom. The zero-order valence-electron chi connectivity index (χ0n) is 8.70. The molecule has 5 nitrogen and oxygen atoms in total. The molecule has 0 fully saturated rings. The number of carbonyl (C=O) groups excluding carboxylic acids is 1. The Morgan fingerprint density at radius 2 is 2.27 bits per heavy atom. The lowest BCUT2D eigenvalue weighted by molar-refractivity contribution is 0.0386. The normalized spacial score (nSPS) is 11.5. The van der Waals surface area contributed by atoms with Gasteiger partial charge >= 0.3 is 5.97 Å². The van der Waals surface area contributed by atoms with Crippen molar-refractivity contribution < 1.29 is 19.1 Å². The molecule has 0 aromatic carbocycles. The minimum absolute atomic E-state index is 0.0180. The van der Waals surface area contributed by atoms with Crippen molar-refractivity contribution in [3.05, 3.63) is 16.8 Å². The Hall–Kier alpha value is -1.07. The van der Waals surface area contributed by atoms with Gasteiger partial charge in [0.25, 0.3) is 5.76 Å². The van der Waals surface area contributed by atoms with Gasteiger partial charge in [0.2, 0.25) is 5.89 Å². The van der Waals surface area contributed by atoms with E-state index in [0.717, 1.165) is 0 Å². The molecule has 15 heavy (non-hydrogen) atoms. The molecule has 1 rings (SSSR count). The van der Waals surface area contributed by atoms with Crippen molar-refractivity contribution in [3.63, 3.8) is 0 Å². The lowest BCUT2D eigenvalue weighted by atomic mass is 10.1. The fourth-order valence-electron chi connectivity index (χ4n) is 0.886. The molecule has 0 aliphatic rings. The van der Waals surface area contributed by atoms with Crippen LogP contribution in [0.4, 0.5) is 0 Å². The predicted molar refractivity (Wildman–Crippen MR) is 52.7 cm³/mol. The van der Waals surface area contributed by atoms with Crippen LogP contribution in [0.25, 0.3) is 0 Å². The highest BCUT2D eigenvalue weighted by atomic mass is 35.5. The number of oxazole rings is 1. The highest BCUT2D eigenvalue weighted by Gasteiger charge is 2.28. The molecule has 0 spiro atoms. The molecule has 0 saturated carbocycles. The topological polar surface area (TPSA) is 72.6 Å². The molecule has 84 valence electrons. The summed E-state index contributed by atoms with van der Waals surface area (Å²) in [5.41, 5.74) is -1.28. The van der Waals surface area contributed by atoms with Crippen molar-refractivity contribution in [2.24, 2.45) is 0 Å². The van der Waals surface area contributed by atoms with Crippen molar-refractivity contribution in [2.75, 3.05) is 6.61 Å². The van der Waals surface area contributed by atoms with Gasteiger partial charge in [-0.1, -0.05) is 11.6 Å². The average molecular weight is 234 g/mol. The smallest absolute Gasteiger partial charge is 0.377 e. The predicted octanol–water partition coefficient (Wildman–Crippen LogP) is 1.73. The number of aliphatic hydroxyl groups is 1. The first-order valence-electron chi connectivity index (χ1n) is 4.42. The SMILES string of the molecule is CCOC(=O)c1oc(C(C)(C)O)nc1Cl. The van der Waals surface area contributed by atoms with E-state index in [1.807, 2.05) is 0 Å². The number of ether oxygens (including phenoxy) is 1. The molecule has 0 aliphatic carbocycles. The lowest BCUT2D eigenvalue weighted by Crippen LogP contribution is -2.15. The van der Waals surface area contributed by atoms with Crippen LogP contribution in [0.2, 0.25) is 5.15 Å². The second-order valence-corrected chi connectivity index (χ2v) is 3.78. The van der Waals surface area contributed by atoms with Crippen LogP contribution in [0.1, 0.15) is 37.2 Å². The average Bonchev–Trinajstić information content (AvgIpc) is 2.47. The number of halogens is 1. The third kappa shape index (κ3) is 2.70. The van der Waals surface area contributed by atoms with E-state index in [2.05, 4.69) is 4.98 Å². The molecule has 0 unspecified atom stereocenters. The van der Waals surface area contributed by atoms with Crippen LogP contribution in [0, 0.1) is 0 Å². The molecular weight excluding hydrogens is 222 g/mol. The first kappa shape index (κ1) is 12.0. The van der Waals surface area contributed by atoms with Crippen LogP contribution in [0.15, 0.2) is 4.42 Å². The Morgan fingerprint density at radius 1 is 1.67 bits per heavy atom. The first-order chi connectivity index (χ1) is 6.86. The van der Waals surface area contributed by atoms with E-state index in [9.17, 15) is 9.90 Å². The quantitative estimate of drug-likeness (QED) is 0.805. The number of hydrogen-bond acceptors (Lipinski definition) is 5. The molecule has 1 aromatic rings. The fourth-order valence-corrected chi connectivity index (χ4v) is 1.08. The summed E-state index contributed by atoms with van der Waals surface area (Å²) in [5, 5.41) is 9.47. The monoisotopic (exact) mass is 233 g/mol. The summed E-state index contributed by atoms with van der Waals surface area (Å²) < 4.78 is 9.72. The number of esters is 1. The van der Waals surface area contributed by atoms with Crippen LogP contribution in [-0.4, -0.2) is 22.7 Å². The van der Waals surface area contributed by atoms with E-state index in [1.54, 1.807) is 6.92 Å². The molecule has 6 heteroatoms. The van der Waals surface area contributed by atoms with Crippen LogP contribution < -0.4 is 0 Å². The summed E-state index contributed by atoms with van der Waals surface area (Å²) in [6.07, 6.45) is 0. The zero-order chi connectivity index (χ0) is 11.6. The van der Waals surface area contributed by atoms with Crippen LogP contribution in [0.3, 0.4) is 0 Å². The maximum atomic E-state index is 11.3. The maximum absolute atomic E-state index is 11.3. The van der Waals surface area contributed by atoms with Crippen molar-refractivity contribution in [1.82, 2.24) is 4.98 Å². The lowest BCUT2D eigenvalue weighted by Gasteiger charge is -2.10. The molecule has 0 saturated heterocycles. The minimum Gasteiger partial charge on any atom is -0.460 e. The van der Waals surface area contributed by atoms with Gasteiger partial charge in [0.1, 0.15) is 5.60 Å². The van der Waals surface area contributed by atoms with E-state index in [4.69, 9.17) is 20.8 Å². The Kier molecular flexibility index (Phi) is 3.36. The first-order valence-corrected chi connectivity index (χ1v) is 4.80. The third-order valence-electron chi connectivity index (χ3n) is 1.57. The van der Waals surface area contributed by atoms with Gasteiger partial charge in [-0.25, -0.2) is 4.79 Å². The Labute approximate surface area is 92.0 Å². The summed E-state index contributed by atoms with van der Waals surface area (Å²) in [6, 6.07) is 0. The number of hydrogen-bond donors (Lipinski definition) is 1.